The zero-order valence-electron chi connectivity index (χ0n) is 25.5. The van der Waals surface area contributed by atoms with Crippen molar-refractivity contribution in [2.45, 2.75) is 59.9 Å². The van der Waals surface area contributed by atoms with Crippen molar-refractivity contribution in [2.24, 2.45) is 10.9 Å². The van der Waals surface area contributed by atoms with Crippen molar-refractivity contribution >= 4 is 11.7 Å². The van der Waals surface area contributed by atoms with Crippen LogP contribution < -0.4 is 5.32 Å². The number of aliphatic hydroxyl groups is 1. The molecule has 1 amide bonds. The monoisotopic (exact) mass is 550 g/mol. The quantitative estimate of drug-likeness (QED) is 0.128. The van der Waals surface area contributed by atoms with Crippen LogP contribution >= 0.6 is 0 Å². The van der Waals surface area contributed by atoms with Crippen LogP contribution in [0, 0.1) is 17.2 Å². The van der Waals surface area contributed by atoms with Crippen LogP contribution in [0.15, 0.2) is 63.9 Å². The number of nitriles is 1. The number of piperazine rings is 1. The Morgan fingerprint density at radius 3 is 2.38 bits per heavy atom. The summed E-state index contributed by atoms with van der Waals surface area (Å²) in [5, 5.41) is 22.8. The molecule has 0 spiro atoms. The maximum atomic E-state index is 12.6. The highest BCUT2D eigenvalue weighted by molar-refractivity contribution is 5.97. The number of piperidine rings is 1. The van der Waals surface area contributed by atoms with Gasteiger partial charge in [-0.25, -0.2) is 0 Å². The molecule has 0 aliphatic carbocycles. The summed E-state index contributed by atoms with van der Waals surface area (Å²) in [6.45, 7) is 16.9. The summed E-state index contributed by atoms with van der Waals surface area (Å²) in [5.41, 5.74) is 3.16. The average Bonchev–Trinajstić information content (AvgIpc) is 2.97. The van der Waals surface area contributed by atoms with E-state index in [1.54, 1.807) is 20.0 Å². The lowest BCUT2D eigenvalue weighted by molar-refractivity contribution is -0.123. The number of hydrogen-bond acceptors (Lipinski definition) is 6. The Morgan fingerprint density at radius 1 is 1.12 bits per heavy atom. The maximum absolute atomic E-state index is 12.6. The number of hydrogen-bond donors (Lipinski definition) is 2. The lowest BCUT2D eigenvalue weighted by atomic mass is 10.0. The number of carbonyl (C=O) groups excluding carboxylic acids is 1. The molecular weight excluding hydrogens is 500 g/mol. The molecule has 0 saturated carbocycles. The fourth-order valence-corrected chi connectivity index (χ4v) is 5.15. The minimum absolute atomic E-state index is 0.0651. The first-order valence-electron chi connectivity index (χ1n) is 14.6. The molecular formula is C32H50N6O2. The molecule has 8 nitrogen and oxygen atoms in total. The second kappa shape index (κ2) is 17.5. The Kier molecular flexibility index (Phi) is 14.5. The molecule has 0 radical (unpaired) electrons. The molecule has 2 aliphatic rings. The molecule has 1 unspecified atom stereocenters. The van der Waals surface area contributed by atoms with Gasteiger partial charge in [0.2, 0.25) is 5.91 Å². The first-order valence-corrected chi connectivity index (χ1v) is 14.6. The largest absolute Gasteiger partial charge is 0.504 e. The number of nitrogens with zero attached hydrogens (tertiary/aromatic N) is 5. The molecule has 220 valence electrons. The van der Waals surface area contributed by atoms with E-state index in [0.717, 1.165) is 76.2 Å². The van der Waals surface area contributed by atoms with E-state index in [2.05, 4.69) is 51.0 Å². The Morgan fingerprint density at radius 2 is 1.80 bits per heavy atom. The third-order valence-corrected chi connectivity index (χ3v) is 7.69. The van der Waals surface area contributed by atoms with E-state index in [9.17, 15) is 9.90 Å². The molecule has 2 saturated heterocycles. The average molecular weight is 551 g/mol. The van der Waals surface area contributed by atoms with Gasteiger partial charge >= 0.3 is 0 Å². The van der Waals surface area contributed by atoms with Gasteiger partial charge in [-0.15, -0.1) is 0 Å². The summed E-state index contributed by atoms with van der Waals surface area (Å²) in [7, 11) is 1.69. The maximum Gasteiger partial charge on any atom is 0.227 e. The fraction of sp³-hybridized carbons (Fsp3) is 0.594. The Hall–Kier alpha value is -3.15. The summed E-state index contributed by atoms with van der Waals surface area (Å²) < 4.78 is 0. The SMILES string of the molecule is C/C=C\C=C(/CC)CNC(=O)C(C)/C=C(/O)C(=NC)N1CCN(C2CCN(C/C(C)=C/C=C(\C)C#N)CC2)CC1. The van der Waals surface area contributed by atoms with Gasteiger partial charge in [0.15, 0.2) is 11.6 Å². The van der Waals surface area contributed by atoms with Crippen LogP contribution in [0.3, 0.4) is 0 Å². The number of amidine groups is 1. The molecule has 0 aromatic carbocycles. The van der Waals surface area contributed by atoms with Crippen LogP contribution in [0.2, 0.25) is 0 Å². The van der Waals surface area contributed by atoms with Gasteiger partial charge in [-0.3, -0.25) is 19.6 Å². The first-order chi connectivity index (χ1) is 19.2. The van der Waals surface area contributed by atoms with Crippen molar-refractivity contribution < 1.29 is 9.90 Å². The molecule has 0 aromatic rings. The molecule has 0 aromatic heterocycles. The topological polar surface area (TPSA) is 95.2 Å². The number of amides is 1. The number of likely N-dealkylation sites (tertiary alicyclic amines) is 1. The summed E-state index contributed by atoms with van der Waals surface area (Å²) in [5.74, 6) is 0.0416. The zero-order chi connectivity index (χ0) is 29.5. The van der Waals surface area contributed by atoms with Crippen molar-refractivity contribution in [1.29, 1.82) is 5.26 Å². The third-order valence-electron chi connectivity index (χ3n) is 7.69. The standard InChI is InChI=1S/C32H50N6O2/c1-7-9-10-28(8-2)23-35-32(40)27(5)21-30(39)31(34-6)38-19-17-37(18-20-38)29-13-15-36(16-14-29)24-26(4)12-11-25(3)22-33/h7,9-12,21,27,29,39H,8,13-20,23-24H2,1-6H3,(H,35,40)/b9-7-,25-11+,26-12+,28-10+,30-21+,34-31?. The summed E-state index contributed by atoms with van der Waals surface area (Å²) in [6.07, 6.45) is 14.7. The molecule has 2 aliphatic heterocycles. The second-order valence-electron chi connectivity index (χ2n) is 10.8. The van der Waals surface area contributed by atoms with Crippen molar-refractivity contribution in [3.63, 3.8) is 0 Å². The van der Waals surface area contributed by atoms with Gasteiger partial charge in [0.25, 0.3) is 0 Å². The molecule has 8 heteroatoms. The molecule has 2 fully saturated rings. The normalized spacial score (nSPS) is 20.6. The number of nitrogens with one attached hydrogen (secondary N) is 1. The van der Waals surface area contributed by atoms with Gasteiger partial charge in [0.05, 0.1) is 12.0 Å². The zero-order valence-corrected chi connectivity index (χ0v) is 25.5. The second-order valence-corrected chi connectivity index (χ2v) is 10.8. The van der Waals surface area contributed by atoms with E-state index >= 15 is 0 Å². The Balaban J connectivity index is 1.83. The number of carbonyl (C=O) groups is 1. The molecule has 0 bridgehead atoms. The van der Waals surface area contributed by atoms with Crippen LogP contribution in [-0.4, -0.2) is 97.0 Å². The fourth-order valence-electron chi connectivity index (χ4n) is 5.15. The van der Waals surface area contributed by atoms with Gasteiger partial charge in [-0.1, -0.05) is 42.4 Å². The van der Waals surface area contributed by atoms with Crippen LogP contribution in [0.25, 0.3) is 0 Å². The minimum atomic E-state index is -0.465. The van der Waals surface area contributed by atoms with E-state index in [1.807, 2.05) is 38.2 Å². The van der Waals surface area contributed by atoms with Gasteiger partial charge in [-0.05, 0) is 72.2 Å². The van der Waals surface area contributed by atoms with E-state index in [1.165, 1.54) is 5.57 Å². The van der Waals surface area contributed by atoms with E-state index in [0.29, 0.717) is 18.4 Å². The number of aliphatic imine (C=N–C) groups is 1. The van der Waals surface area contributed by atoms with Gasteiger partial charge < -0.3 is 15.3 Å². The molecule has 1 atom stereocenters. The third kappa shape index (κ3) is 10.8. The van der Waals surface area contributed by atoms with Crippen molar-refractivity contribution in [3.05, 3.63) is 58.9 Å². The summed E-state index contributed by atoms with van der Waals surface area (Å²) in [4.78, 5) is 24.2. The number of rotatable bonds is 11. The lowest BCUT2D eigenvalue weighted by Gasteiger charge is -2.43. The Bertz CT molecular complexity index is 1050. The van der Waals surface area contributed by atoms with Crippen LogP contribution in [0.5, 0.6) is 0 Å². The summed E-state index contributed by atoms with van der Waals surface area (Å²) >= 11 is 0. The number of aliphatic hydroxyl groups excluding tert-OH is 1. The van der Waals surface area contributed by atoms with Crippen molar-refractivity contribution in [1.82, 2.24) is 20.0 Å². The van der Waals surface area contributed by atoms with Gasteiger partial charge in [-0.2, -0.15) is 5.26 Å². The molecule has 40 heavy (non-hydrogen) atoms. The highest BCUT2D eigenvalue weighted by atomic mass is 16.3. The lowest BCUT2D eigenvalue weighted by Crippen LogP contribution is -2.54. The minimum Gasteiger partial charge on any atom is -0.504 e. The molecule has 2 N–H and O–H groups in total. The van der Waals surface area contributed by atoms with Crippen molar-refractivity contribution in [2.75, 3.05) is 59.4 Å². The van der Waals surface area contributed by atoms with Crippen LogP contribution in [-0.2, 0) is 4.79 Å². The van der Waals surface area contributed by atoms with Crippen LogP contribution in [0.1, 0.15) is 53.9 Å². The predicted molar refractivity (Wildman–Crippen MR) is 165 cm³/mol. The molecule has 2 heterocycles. The Labute approximate surface area is 242 Å². The van der Waals surface area contributed by atoms with Gasteiger partial charge in [0, 0.05) is 57.9 Å². The van der Waals surface area contributed by atoms with E-state index < -0.39 is 5.92 Å². The first kappa shape index (κ1) is 33.1. The smallest absolute Gasteiger partial charge is 0.227 e. The van der Waals surface area contributed by atoms with E-state index in [-0.39, 0.29) is 11.7 Å². The number of allylic oxidation sites excluding steroid dienone is 6. The van der Waals surface area contributed by atoms with Crippen LogP contribution in [0.4, 0.5) is 0 Å². The van der Waals surface area contributed by atoms with Crippen molar-refractivity contribution in [3.8, 4) is 6.07 Å². The van der Waals surface area contributed by atoms with Gasteiger partial charge in [0.1, 0.15) is 0 Å². The predicted octanol–water partition coefficient (Wildman–Crippen LogP) is 4.62. The summed E-state index contributed by atoms with van der Waals surface area (Å²) in [6, 6.07) is 2.74. The highest BCUT2D eigenvalue weighted by Crippen LogP contribution is 2.20. The highest BCUT2D eigenvalue weighted by Gasteiger charge is 2.29. The van der Waals surface area contributed by atoms with E-state index in [4.69, 9.17) is 5.26 Å². The molecule has 2 rings (SSSR count).